The fraction of sp³-hybridized carbons (Fsp3) is 0.323. The average molecular weight is 532 g/mol. The Bertz CT molecular complexity index is 1170. The Morgan fingerprint density at radius 3 is 1.92 bits per heavy atom. The molecule has 0 spiro atoms. The van der Waals surface area contributed by atoms with E-state index < -0.39 is 29.7 Å². The molecule has 3 aromatic rings. The number of hydrogen-bond acceptors (Lipinski definition) is 5. The number of nitrogens with one attached hydrogen (secondary N) is 2. The van der Waals surface area contributed by atoms with Gasteiger partial charge >= 0.3 is 6.09 Å². The largest absolute Gasteiger partial charge is 0.443 e. The van der Waals surface area contributed by atoms with Crippen molar-refractivity contribution in [2.75, 3.05) is 5.01 Å². The Morgan fingerprint density at radius 2 is 1.36 bits per heavy atom. The second-order valence-electron chi connectivity index (χ2n) is 9.88. The summed E-state index contributed by atoms with van der Waals surface area (Å²) in [5, 5.41) is 10.6. The Morgan fingerprint density at radius 1 is 0.795 bits per heavy atom. The second-order valence-corrected chi connectivity index (χ2v) is 9.88. The lowest BCUT2D eigenvalue weighted by molar-refractivity contribution is -0.141. The minimum absolute atomic E-state index is 0.0311. The van der Waals surface area contributed by atoms with E-state index >= 15 is 0 Å². The minimum atomic E-state index is -0.793. The second kappa shape index (κ2) is 15.3. The van der Waals surface area contributed by atoms with Crippen LogP contribution in [0.4, 0.5) is 10.5 Å². The Labute approximate surface area is 229 Å². The third-order valence-electron chi connectivity index (χ3n) is 6.44. The molecule has 0 bridgehead atoms. The molecule has 0 aliphatic rings. The number of hydrogen-bond donors (Lipinski definition) is 3. The highest BCUT2D eigenvalue weighted by Crippen LogP contribution is 2.27. The molecule has 3 amide bonds. The van der Waals surface area contributed by atoms with Crippen LogP contribution in [-0.2, 0) is 27.4 Å². The van der Waals surface area contributed by atoms with Gasteiger partial charge in [0.1, 0.15) is 6.61 Å². The summed E-state index contributed by atoms with van der Waals surface area (Å²) in [5.41, 5.74) is 6.79. The number of para-hydroxylation sites is 1. The van der Waals surface area contributed by atoms with Crippen molar-refractivity contribution >= 4 is 23.6 Å². The third-order valence-corrected chi connectivity index (χ3v) is 6.44. The van der Waals surface area contributed by atoms with Gasteiger partial charge in [0.25, 0.3) is 0 Å². The molecule has 0 aromatic heterocycles. The number of anilines is 1. The number of ether oxygens (including phenoxy) is 1. The molecule has 8 nitrogen and oxygen atoms in total. The molecule has 0 aliphatic heterocycles. The van der Waals surface area contributed by atoms with Crippen molar-refractivity contribution in [3.05, 3.63) is 102 Å². The highest BCUT2D eigenvalue weighted by atomic mass is 16.6. The third kappa shape index (κ3) is 9.26. The van der Waals surface area contributed by atoms with E-state index in [-0.39, 0.29) is 12.5 Å². The Balaban J connectivity index is 1.79. The fourth-order valence-electron chi connectivity index (χ4n) is 4.50. The molecule has 3 aromatic carbocycles. The fourth-order valence-corrected chi connectivity index (χ4v) is 4.50. The maximum absolute atomic E-state index is 13.7. The van der Waals surface area contributed by atoms with E-state index in [0.717, 1.165) is 22.6 Å². The molecule has 39 heavy (non-hydrogen) atoms. The number of hydroxylamine groups is 1. The number of nitrogens with zero attached hydrogens (tertiary/aromatic N) is 1. The lowest BCUT2D eigenvalue weighted by atomic mass is 9.81. The normalized spacial score (nSPS) is 12.3. The molecule has 206 valence electrons. The van der Waals surface area contributed by atoms with Crippen molar-refractivity contribution in [3.63, 3.8) is 0 Å². The zero-order chi connectivity index (χ0) is 28.0. The van der Waals surface area contributed by atoms with E-state index in [2.05, 4.69) is 5.43 Å². The number of rotatable bonds is 12. The van der Waals surface area contributed by atoms with Crippen molar-refractivity contribution in [1.82, 2.24) is 10.9 Å². The first-order valence-corrected chi connectivity index (χ1v) is 13.2. The van der Waals surface area contributed by atoms with Gasteiger partial charge in [0.05, 0.1) is 17.5 Å². The van der Waals surface area contributed by atoms with E-state index in [1.165, 1.54) is 0 Å². The molecule has 0 aliphatic carbocycles. The molecular weight excluding hydrogens is 494 g/mol. The summed E-state index contributed by atoms with van der Waals surface area (Å²) in [5.74, 6) is -2.63. The van der Waals surface area contributed by atoms with Crippen LogP contribution in [0.1, 0.15) is 44.2 Å². The van der Waals surface area contributed by atoms with Crippen molar-refractivity contribution in [1.29, 1.82) is 0 Å². The topological polar surface area (TPSA) is 108 Å². The summed E-state index contributed by atoms with van der Waals surface area (Å²) in [7, 11) is 0. The average Bonchev–Trinajstić information content (AvgIpc) is 2.96. The van der Waals surface area contributed by atoms with Crippen LogP contribution in [0.5, 0.6) is 0 Å². The van der Waals surface area contributed by atoms with Gasteiger partial charge in [-0.05, 0) is 54.9 Å². The number of carbonyl (C=O) groups excluding carboxylic acids is 3. The summed E-state index contributed by atoms with van der Waals surface area (Å²) in [6, 6.07) is 27.8. The molecule has 0 saturated carbocycles. The van der Waals surface area contributed by atoms with Crippen molar-refractivity contribution in [2.24, 2.45) is 17.8 Å². The van der Waals surface area contributed by atoms with Gasteiger partial charge in [0, 0.05) is 0 Å². The number of benzene rings is 3. The Kier molecular flexibility index (Phi) is 11.5. The monoisotopic (exact) mass is 531 g/mol. The SMILES string of the molecule is CC(C)CC(C(=O)NN(C(=O)OCc1ccccc1)c1ccccc1)[C@@H](CCCc1ccccc1)C(=O)NO. The summed E-state index contributed by atoms with van der Waals surface area (Å²) >= 11 is 0. The molecular formula is C31H37N3O5. The van der Waals surface area contributed by atoms with Crippen molar-refractivity contribution < 1.29 is 24.3 Å². The number of amides is 3. The van der Waals surface area contributed by atoms with E-state index in [1.54, 1.807) is 35.8 Å². The van der Waals surface area contributed by atoms with Gasteiger partial charge in [-0.1, -0.05) is 92.7 Å². The van der Waals surface area contributed by atoms with E-state index in [9.17, 15) is 19.6 Å². The number of hydrazine groups is 1. The highest BCUT2D eigenvalue weighted by molar-refractivity contribution is 5.94. The first-order chi connectivity index (χ1) is 18.9. The molecule has 2 atom stereocenters. The standard InChI is InChI=1S/C31H37N3O5/c1-23(2)21-28(27(30(36)33-38)20-12-17-24-13-6-3-7-14-24)29(35)32-34(26-18-10-5-11-19-26)31(37)39-22-25-15-8-4-9-16-25/h3-11,13-16,18-19,23,27-28,38H,12,17,20-22H2,1-2H3,(H,32,35)(H,33,36)/t27-,28?/m1/s1. The lowest BCUT2D eigenvalue weighted by Gasteiger charge is -2.29. The minimum Gasteiger partial charge on any atom is -0.443 e. The van der Waals surface area contributed by atoms with Crippen LogP contribution in [0.15, 0.2) is 91.0 Å². The summed E-state index contributed by atoms with van der Waals surface area (Å²) in [6.07, 6.45) is 1.39. The smallest absolute Gasteiger partial charge is 0.433 e. The van der Waals surface area contributed by atoms with Crippen LogP contribution in [0, 0.1) is 17.8 Å². The van der Waals surface area contributed by atoms with E-state index in [1.807, 2.05) is 74.5 Å². The maximum Gasteiger partial charge on any atom is 0.433 e. The van der Waals surface area contributed by atoms with Crippen LogP contribution in [0.3, 0.4) is 0 Å². The molecule has 8 heteroatoms. The van der Waals surface area contributed by atoms with Crippen LogP contribution in [-0.4, -0.2) is 23.1 Å². The maximum atomic E-state index is 13.7. The summed E-state index contributed by atoms with van der Waals surface area (Å²) in [6.45, 7) is 3.95. The molecule has 3 N–H and O–H groups in total. The zero-order valence-electron chi connectivity index (χ0n) is 22.5. The van der Waals surface area contributed by atoms with E-state index in [4.69, 9.17) is 4.74 Å². The van der Waals surface area contributed by atoms with Gasteiger partial charge in [0.15, 0.2) is 0 Å². The van der Waals surface area contributed by atoms with Gasteiger partial charge in [-0.25, -0.2) is 10.3 Å². The zero-order valence-corrected chi connectivity index (χ0v) is 22.5. The quantitative estimate of drug-likeness (QED) is 0.206. The molecule has 0 saturated heterocycles. The van der Waals surface area contributed by atoms with Gasteiger partial charge in [-0.2, -0.15) is 5.01 Å². The molecule has 3 rings (SSSR count). The predicted molar refractivity (Wildman–Crippen MR) is 149 cm³/mol. The highest BCUT2D eigenvalue weighted by Gasteiger charge is 2.35. The van der Waals surface area contributed by atoms with Gasteiger partial charge in [-0.15, -0.1) is 0 Å². The first kappa shape index (κ1) is 29.4. The first-order valence-electron chi connectivity index (χ1n) is 13.2. The Hall–Kier alpha value is -4.17. The van der Waals surface area contributed by atoms with Crippen LogP contribution >= 0.6 is 0 Å². The van der Waals surface area contributed by atoms with Crippen molar-refractivity contribution in [3.8, 4) is 0 Å². The van der Waals surface area contributed by atoms with E-state index in [0.29, 0.717) is 24.9 Å². The molecule has 0 radical (unpaired) electrons. The molecule has 0 heterocycles. The van der Waals surface area contributed by atoms with Crippen molar-refractivity contribution in [2.45, 2.75) is 46.1 Å². The lowest BCUT2D eigenvalue weighted by Crippen LogP contribution is -2.51. The summed E-state index contributed by atoms with van der Waals surface area (Å²) < 4.78 is 5.50. The van der Waals surface area contributed by atoms with Crippen LogP contribution in [0.2, 0.25) is 0 Å². The number of aryl methyl sites for hydroxylation is 1. The van der Waals surface area contributed by atoms with Crippen LogP contribution in [0.25, 0.3) is 0 Å². The number of carbonyl (C=O) groups is 3. The summed E-state index contributed by atoms with van der Waals surface area (Å²) in [4.78, 5) is 39.7. The molecule has 1 unspecified atom stereocenters. The van der Waals surface area contributed by atoms with Crippen LogP contribution < -0.4 is 15.9 Å². The van der Waals surface area contributed by atoms with Gasteiger partial charge < -0.3 is 4.74 Å². The van der Waals surface area contributed by atoms with Gasteiger partial charge in [-0.3, -0.25) is 20.2 Å². The molecule has 0 fully saturated rings. The van der Waals surface area contributed by atoms with Gasteiger partial charge in [0.2, 0.25) is 11.8 Å². The predicted octanol–water partition coefficient (Wildman–Crippen LogP) is 5.67.